The van der Waals surface area contributed by atoms with Crippen LogP contribution in [0, 0.1) is 11.3 Å². The van der Waals surface area contributed by atoms with E-state index in [0.29, 0.717) is 5.41 Å². The molecular weight excluding hydrogens is 206 g/mol. The molecule has 1 heteroatoms. The quantitative estimate of drug-likeness (QED) is 0.602. The van der Waals surface area contributed by atoms with Gasteiger partial charge in [-0.05, 0) is 43.7 Å². The molecule has 1 saturated heterocycles. The second kappa shape index (κ2) is 8.13. The van der Waals surface area contributed by atoms with Crippen molar-refractivity contribution in [3.8, 4) is 0 Å². The molecule has 0 spiro atoms. The maximum absolute atomic E-state index is 3.59. The minimum Gasteiger partial charge on any atom is -0.316 e. The van der Waals surface area contributed by atoms with Gasteiger partial charge in [-0.2, -0.15) is 0 Å². The second-order valence-electron chi connectivity index (χ2n) is 6.26. The van der Waals surface area contributed by atoms with E-state index in [1.807, 2.05) is 0 Å². The number of hydrogen-bond donors (Lipinski definition) is 1. The van der Waals surface area contributed by atoms with Crippen molar-refractivity contribution >= 4 is 0 Å². The highest BCUT2D eigenvalue weighted by atomic mass is 14.9. The maximum Gasteiger partial charge on any atom is -0.00153 e. The third kappa shape index (κ3) is 4.99. The zero-order chi connectivity index (χ0) is 12.6. The highest BCUT2D eigenvalue weighted by molar-refractivity contribution is 4.88. The molecule has 1 aliphatic rings. The molecule has 1 aliphatic heterocycles. The Kier molecular flexibility index (Phi) is 7.18. The van der Waals surface area contributed by atoms with Crippen LogP contribution in [0.1, 0.15) is 78.6 Å². The van der Waals surface area contributed by atoms with Gasteiger partial charge in [-0.3, -0.25) is 0 Å². The molecule has 0 saturated carbocycles. The van der Waals surface area contributed by atoms with Crippen molar-refractivity contribution in [2.75, 3.05) is 13.1 Å². The third-order valence-electron chi connectivity index (χ3n) is 4.74. The molecular formula is C16H33N. The fraction of sp³-hybridized carbons (Fsp3) is 1.00. The molecule has 2 atom stereocenters. The molecule has 17 heavy (non-hydrogen) atoms. The molecule has 0 aliphatic carbocycles. The van der Waals surface area contributed by atoms with E-state index < -0.39 is 0 Å². The predicted molar refractivity (Wildman–Crippen MR) is 77.4 cm³/mol. The fourth-order valence-corrected chi connectivity index (χ4v) is 3.36. The Hall–Kier alpha value is -0.0400. The minimum atomic E-state index is 0.632. The van der Waals surface area contributed by atoms with Gasteiger partial charge in [0.15, 0.2) is 0 Å². The zero-order valence-corrected chi connectivity index (χ0v) is 12.4. The Morgan fingerprint density at radius 1 is 1.06 bits per heavy atom. The number of rotatable bonds is 8. The third-order valence-corrected chi connectivity index (χ3v) is 4.74. The summed E-state index contributed by atoms with van der Waals surface area (Å²) in [5.74, 6) is 0.924. The van der Waals surface area contributed by atoms with E-state index in [9.17, 15) is 0 Å². The largest absolute Gasteiger partial charge is 0.316 e. The van der Waals surface area contributed by atoms with Crippen molar-refractivity contribution < 1.29 is 0 Å². The van der Waals surface area contributed by atoms with Crippen LogP contribution < -0.4 is 5.32 Å². The SMILES string of the molecule is CCCCCCCC1(C)CCNCC1CCC. The van der Waals surface area contributed by atoms with Gasteiger partial charge in [0.25, 0.3) is 0 Å². The molecule has 1 nitrogen and oxygen atoms in total. The average Bonchev–Trinajstić information content (AvgIpc) is 2.32. The first-order chi connectivity index (χ1) is 8.23. The van der Waals surface area contributed by atoms with Crippen LogP contribution in [0.2, 0.25) is 0 Å². The van der Waals surface area contributed by atoms with Gasteiger partial charge in [0.2, 0.25) is 0 Å². The van der Waals surface area contributed by atoms with E-state index >= 15 is 0 Å². The van der Waals surface area contributed by atoms with E-state index in [2.05, 4.69) is 26.1 Å². The van der Waals surface area contributed by atoms with E-state index in [-0.39, 0.29) is 0 Å². The van der Waals surface area contributed by atoms with Gasteiger partial charge in [0, 0.05) is 0 Å². The van der Waals surface area contributed by atoms with E-state index in [1.165, 1.54) is 70.9 Å². The minimum absolute atomic E-state index is 0.632. The van der Waals surface area contributed by atoms with Crippen LogP contribution in [0.25, 0.3) is 0 Å². The lowest BCUT2D eigenvalue weighted by Crippen LogP contribution is -2.43. The molecule has 1 fully saturated rings. The van der Waals surface area contributed by atoms with Crippen molar-refractivity contribution in [3.63, 3.8) is 0 Å². The number of hydrogen-bond acceptors (Lipinski definition) is 1. The van der Waals surface area contributed by atoms with Crippen LogP contribution in [0.15, 0.2) is 0 Å². The fourth-order valence-electron chi connectivity index (χ4n) is 3.36. The van der Waals surface area contributed by atoms with Gasteiger partial charge in [0.1, 0.15) is 0 Å². The molecule has 1 N–H and O–H groups in total. The summed E-state index contributed by atoms with van der Waals surface area (Å²) in [6, 6.07) is 0. The van der Waals surface area contributed by atoms with Gasteiger partial charge >= 0.3 is 0 Å². The Bertz CT molecular complexity index is 188. The zero-order valence-electron chi connectivity index (χ0n) is 12.4. The Morgan fingerprint density at radius 2 is 1.82 bits per heavy atom. The summed E-state index contributed by atoms with van der Waals surface area (Å²) in [7, 11) is 0. The van der Waals surface area contributed by atoms with Crippen LogP contribution in [0.3, 0.4) is 0 Å². The van der Waals surface area contributed by atoms with Gasteiger partial charge < -0.3 is 5.32 Å². The maximum atomic E-state index is 3.59. The van der Waals surface area contributed by atoms with Crippen LogP contribution >= 0.6 is 0 Å². The molecule has 0 amide bonds. The molecule has 0 radical (unpaired) electrons. The van der Waals surface area contributed by atoms with Crippen molar-refractivity contribution in [1.29, 1.82) is 0 Å². The highest BCUT2D eigenvalue weighted by Gasteiger charge is 2.34. The van der Waals surface area contributed by atoms with E-state index in [1.54, 1.807) is 0 Å². The summed E-state index contributed by atoms with van der Waals surface area (Å²) in [5, 5.41) is 3.59. The lowest BCUT2D eigenvalue weighted by atomic mass is 9.67. The topological polar surface area (TPSA) is 12.0 Å². The van der Waals surface area contributed by atoms with Crippen molar-refractivity contribution in [1.82, 2.24) is 5.32 Å². The van der Waals surface area contributed by atoms with Crippen molar-refractivity contribution in [2.45, 2.75) is 78.6 Å². The number of unbranched alkanes of at least 4 members (excludes halogenated alkanes) is 4. The summed E-state index contributed by atoms with van der Waals surface area (Å²) >= 11 is 0. The van der Waals surface area contributed by atoms with Crippen molar-refractivity contribution in [3.05, 3.63) is 0 Å². The summed E-state index contributed by atoms with van der Waals surface area (Å²) in [6.45, 7) is 9.68. The Balaban J connectivity index is 2.29. The lowest BCUT2D eigenvalue weighted by molar-refractivity contribution is 0.105. The van der Waals surface area contributed by atoms with E-state index in [0.717, 1.165) is 5.92 Å². The van der Waals surface area contributed by atoms with Crippen LogP contribution in [-0.2, 0) is 0 Å². The molecule has 0 aromatic carbocycles. The molecule has 2 unspecified atom stereocenters. The number of piperidine rings is 1. The summed E-state index contributed by atoms with van der Waals surface area (Å²) < 4.78 is 0. The van der Waals surface area contributed by atoms with Gasteiger partial charge in [0.05, 0.1) is 0 Å². The monoisotopic (exact) mass is 239 g/mol. The highest BCUT2D eigenvalue weighted by Crippen LogP contribution is 2.40. The van der Waals surface area contributed by atoms with Gasteiger partial charge in [-0.25, -0.2) is 0 Å². The first-order valence-electron chi connectivity index (χ1n) is 7.93. The smallest absolute Gasteiger partial charge is 0.00153 e. The molecule has 0 aromatic rings. The Labute approximate surface area is 109 Å². The standard InChI is InChI=1S/C16H33N/c1-4-6-7-8-9-11-16(3)12-13-17-14-15(16)10-5-2/h15,17H,4-14H2,1-3H3. The lowest BCUT2D eigenvalue weighted by Gasteiger charge is -2.42. The Morgan fingerprint density at radius 3 is 2.53 bits per heavy atom. The van der Waals surface area contributed by atoms with E-state index in [4.69, 9.17) is 0 Å². The van der Waals surface area contributed by atoms with Crippen LogP contribution in [-0.4, -0.2) is 13.1 Å². The normalized spacial score (nSPS) is 29.5. The summed E-state index contributed by atoms with van der Waals surface area (Å²) in [4.78, 5) is 0. The number of nitrogens with one attached hydrogen (secondary N) is 1. The average molecular weight is 239 g/mol. The first-order valence-corrected chi connectivity index (χ1v) is 7.93. The summed E-state index contributed by atoms with van der Waals surface area (Å²) in [5.41, 5.74) is 0.632. The first kappa shape index (κ1) is 15.0. The van der Waals surface area contributed by atoms with Crippen LogP contribution in [0.4, 0.5) is 0 Å². The van der Waals surface area contributed by atoms with Crippen molar-refractivity contribution in [2.24, 2.45) is 11.3 Å². The second-order valence-corrected chi connectivity index (χ2v) is 6.26. The summed E-state index contributed by atoms with van der Waals surface area (Å²) in [6.07, 6.45) is 12.8. The molecule has 102 valence electrons. The molecule has 0 aromatic heterocycles. The van der Waals surface area contributed by atoms with Gasteiger partial charge in [-0.15, -0.1) is 0 Å². The van der Waals surface area contributed by atoms with Gasteiger partial charge in [-0.1, -0.05) is 59.3 Å². The molecule has 1 heterocycles. The van der Waals surface area contributed by atoms with Crippen LogP contribution in [0.5, 0.6) is 0 Å². The molecule has 1 rings (SSSR count). The molecule has 0 bridgehead atoms. The predicted octanol–water partition coefficient (Wildman–Crippen LogP) is 4.76.